The van der Waals surface area contributed by atoms with Crippen LogP contribution in [-0.4, -0.2) is 31.1 Å². The SMILES string of the molecule is NCC1CCCC1NC1CNC(=O)C1. The zero-order valence-corrected chi connectivity index (χ0v) is 8.46. The lowest BCUT2D eigenvalue weighted by atomic mass is 10.0. The molecule has 3 atom stereocenters. The van der Waals surface area contributed by atoms with Crippen LogP contribution < -0.4 is 16.4 Å². The Morgan fingerprint density at radius 2 is 2.36 bits per heavy atom. The molecule has 4 N–H and O–H groups in total. The summed E-state index contributed by atoms with van der Waals surface area (Å²) in [5.41, 5.74) is 5.70. The molecule has 1 heterocycles. The fourth-order valence-electron chi connectivity index (χ4n) is 2.56. The minimum absolute atomic E-state index is 0.171. The Morgan fingerprint density at radius 3 is 3.00 bits per heavy atom. The van der Waals surface area contributed by atoms with Crippen molar-refractivity contribution in [1.82, 2.24) is 10.6 Å². The third kappa shape index (κ3) is 2.07. The van der Waals surface area contributed by atoms with Crippen molar-refractivity contribution in [2.24, 2.45) is 11.7 Å². The van der Waals surface area contributed by atoms with Crippen LogP contribution in [0.5, 0.6) is 0 Å². The molecule has 2 rings (SSSR count). The van der Waals surface area contributed by atoms with Gasteiger partial charge in [-0.3, -0.25) is 4.79 Å². The molecule has 2 aliphatic rings. The van der Waals surface area contributed by atoms with Gasteiger partial charge in [-0.2, -0.15) is 0 Å². The Bertz CT molecular complexity index is 219. The van der Waals surface area contributed by atoms with Crippen LogP contribution in [0.3, 0.4) is 0 Å². The number of hydrogen-bond acceptors (Lipinski definition) is 3. The fourth-order valence-corrected chi connectivity index (χ4v) is 2.56. The smallest absolute Gasteiger partial charge is 0.221 e. The largest absolute Gasteiger partial charge is 0.354 e. The van der Waals surface area contributed by atoms with Crippen LogP contribution in [0, 0.1) is 5.92 Å². The first-order chi connectivity index (χ1) is 6.79. The molecule has 1 saturated heterocycles. The van der Waals surface area contributed by atoms with Gasteiger partial charge in [-0.05, 0) is 25.3 Å². The van der Waals surface area contributed by atoms with Crippen LogP contribution in [0.1, 0.15) is 25.7 Å². The molecule has 1 amide bonds. The number of nitrogens with one attached hydrogen (secondary N) is 2. The van der Waals surface area contributed by atoms with E-state index in [1.54, 1.807) is 0 Å². The summed E-state index contributed by atoms with van der Waals surface area (Å²) in [6.45, 7) is 1.55. The van der Waals surface area contributed by atoms with Gasteiger partial charge in [-0.1, -0.05) is 6.42 Å². The molecule has 1 saturated carbocycles. The minimum Gasteiger partial charge on any atom is -0.354 e. The van der Waals surface area contributed by atoms with E-state index in [0.29, 0.717) is 24.4 Å². The van der Waals surface area contributed by atoms with E-state index >= 15 is 0 Å². The lowest BCUT2D eigenvalue weighted by molar-refractivity contribution is -0.119. The highest BCUT2D eigenvalue weighted by Gasteiger charge is 2.30. The van der Waals surface area contributed by atoms with Gasteiger partial charge in [-0.25, -0.2) is 0 Å². The second-order valence-electron chi connectivity index (χ2n) is 4.40. The van der Waals surface area contributed by atoms with Crippen molar-refractivity contribution in [2.75, 3.05) is 13.1 Å². The highest BCUT2D eigenvalue weighted by molar-refractivity contribution is 5.78. The molecule has 0 radical (unpaired) electrons. The first-order valence-corrected chi connectivity index (χ1v) is 5.52. The molecule has 80 valence electrons. The summed E-state index contributed by atoms with van der Waals surface area (Å²) in [5.74, 6) is 0.787. The quantitative estimate of drug-likeness (QED) is 0.576. The van der Waals surface area contributed by atoms with Gasteiger partial charge in [0.2, 0.25) is 5.91 Å². The molecule has 1 aliphatic carbocycles. The summed E-state index contributed by atoms with van der Waals surface area (Å²) in [6.07, 6.45) is 4.36. The van der Waals surface area contributed by atoms with E-state index < -0.39 is 0 Å². The number of rotatable bonds is 3. The third-order valence-electron chi connectivity index (χ3n) is 3.39. The molecule has 0 aromatic heterocycles. The normalized spacial score (nSPS) is 37.5. The van der Waals surface area contributed by atoms with Crippen molar-refractivity contribution < 1.29 is 4.79 Å². The highest BCUT2D eigenvalue weighted by atomic mass is 16.1. The van der Waals surface area contributed by atoms with Gasteiger partial charge in [0.15, 0.2) is 0 Å². The van der Waals surface area contributed by atoms with Gasteiger partial charge in [0, 0.05) is 25.0 Å². The van der Waals surface area contributed by atoms with Gasteiger partial charge >= 0.3 is 0 Å². The van der Waals surface area contributed by atoms with E-state index in [1.165, 1.54) is 19.3 Å². The summed E-state index contributed by atoms with van der Waals surface area (Å²) >= 11 is 0. The van der Waals surface area contributed by atoms with Crippen molar-refractivity contribution in [3.8, 4) is 0 Å². The van der Waals surface area contributed by atoms with E-state index in [1.807, 2.05) is 0 Å². The molecule has 1 aliphatic heterocycles. The Kier molecular flexibility index (Phi) is 3.03. The summed E-state index contributed by atoms with van der Waals surface area (Å²) < 4.78 is 0. The average molecular weight is 197 g/mol. The van der Waals surface area contributed by atoms with Crippen molar-refractivity contribution in [3.05, 3.63) is 0 Å². The Hall–Kier alpha value is -0.610. The molecule has 2 fully saturated rings. The Balaban J connectivity index is 1.81. The monoisotopic (exact) mass is 197 g/mol. The molecule has 0 aromatic rings. The minimum atomic E-state index is 0.171. The fraction of sp³-hybridized carbons (Fsp3) is 0.900. The summed E-state index contributed by atoms with van der Waals surface area (Å²) in [4.78, 5) is 11.0. The molecule has 0 bridgehead atoms. The van der Waals surface area contributed by atoms with Crippen molar-refractivity contribution >= 4 is 5.91 Å². The Morgan fingerprint density at radius 1 is 1.50 bits per heavy atom. The van der Waals surface area contributed by atoms with Crippen LogP contribution in [0.15, 0.2) is 0 Å². The van der Waals surface area contributed by atoms with Crippen LogP contribution >= 0.6 is 0 Å². The molecule has 4 nitrogen and oxygen atoms in total. The molecule has 0 aromatic carbocycles. The predicted molar refractivity (Wildman–Crippen MR) is 54.7 cm³/mol. The number of carbonyl (C=O) groups is 1. The first kappa shape index (κ1) is 9.93. The summed E-state index contributed by atoms with van der Waals surface area (Å²) in [6, 6.07) is 0.873. The number of carbonyl (C=O) groups excluding carboxylic acids is 1. The van der Waals surface area contributed by atoms with E-state index in [2.05, 4.69) is 10.6 Å². The standard InChI is InChI=1S/C10H19N3O/c11-5-7-2-1-3-9(7)13-8-4-10(14)12-6-8/h7-9,13H,1-6,11H2,(H,12,14). The average Bonchev–Trinajstić information content (AvgIpc) is 2.76. The molecular formula is C10H19N3O. The van der Waals surface area contributed by atoms with E-state index in [4.69, 9.17) is 5.73 Å². The molecular weight excluding hydrogens is 178 g/mol. The maximum atomic E-state index is 11.0. The molecule has 4 heteroatoms. The zero-order valence-electron chi connectivity index (χ0n) is 8.46. The topological polar surface area (TPSA) is 67.2 Å². The lowest BCUT2D eigenvalue weighted by Crippen LogP contribution is -2.43. The molecule has 0 spiro atoms. The summed E-state index contributed by atoms with van der Waals surface area (Å²) in [7, 11) is 0. The second kappa shape index (κ2) is 4.28. The highest BCUT2D eigenvalue weighted by Crippen LogP contribution is 2.25. The van der Waals surface area contributed by atoms with Gasteiger partial charge in [-0.15, -0.1) is 0 Å². The van der Waals surface area contributed by atoms with E-state index in [9.17, 15) is 4.79 Å². The maximum Gasteiger partial charge on any atom is 0.221 e. The first-order valence-electron chi connectivity index (χ1n) is 5.52. The number of amides is 1. The third-order valence-corrected chi connectivity index (χ3v) is 3.39. The second-order valence-corrected chi connectivity index (χ2v) is 4.40. The van der Waals surface area contributed by atoms with Crippen molar-refractivity contribution in [1.29, 1.82) is 0 Å². The van der Waals surface area contributed by atoms with E-state index in [0.717, 1.165) is 13.1 Å². The predicted octanol–water partition coefficient (Wildman–Crippen LogP) is -0.408. The van der Waals surface area contributed by atoms with Crippen LogP contribution in [-0.2, 0) is 4.79 Å². The zero-order chi connectivity index (χ0) is 9.97. The summed E-state index contributed by atoms with van der Waals surface area (Å²) in [5, 5.41) is 6.39. The van der Waals surface area contributed by atoms with E-state index in [-0.39, 0.29) is 5.91 Å². The van der Waals surface area contributed by atoms with Gasteiger partial charge in [0.05, 0.1) is 0 Å². The van der Waals surface area contributed by atoms with Crippen LogP contribution in [0.2, 0.25) is 0 Å². The van der Waals surface area contributed by atoms with Crippen LogP contribution in [0.25, 0.3) is 0 Å². The molecule has 3 unspecified atom stereocenters. The number of nitrogens with two attached hydrogens (primary N) is 1. The van der Waals surface area contributed by atoms with Crippen molar-refractivity contribution in [3.63, 3.8) is 0 Å². The maximum absolute atomic E-state index is 11.0. The van der Waals surface area contributed by atoms with Gasteiger partial charge in [0.1, 0.15) is 0 Å². The van der Waals surface area contributed by atoms with Crippen molar-refractivity contribution in [2.45, 2.75) is 37.8 Å². The Labute approximate surface area is 84.6 Å². The lowest BCUT2D eigenvalue weighted by Gasteiger charge is -2.22. The van der Waals surface area contributed by atoms with Gasteiger partial charge < -0.3 is 16.4 Å². The van der Waals surface area contributed by atoms with Gasteiger partial charge in [0.25, 0.3) is 0 Å². The van der Waals surface area contributed by atoms with Crippen LogP contribution in [0.4, 0.5) is 0 Å². The number of hydrogen-bond donors (Lipinski definition) is 3. The molecule has 14 heavy (non-hydrogen) atoms.